The Bertz CT molecular complexity index is 373. The van der Waals surface area contributed by atoms with Crippen LogP contribution in [-0.2, 0) is 6.54 Å². The molecule has 1 atom stereocenters. The van der Waals surface area contributed by atoms with Crippen LogP contribution in [0.2, 0.25) is 10.2 Å². The fourth-order valence-corrected chi connectivity index (χ4v) is 3.28. The molecule has 1 fully saturated rings. The summed E-state index contributed by atoms with van der Waals surface area (Å²) >= 11 is 13.9. The van der Waals surface area contributed by atoms with Crippen molar-refractivity contribution in [1.29, 1.82) is 0 Å². The lowest BCUT2D eigenvalue weighted by atomic mass is 10.2. The average Bonchev–Trinajstić information content (AvgIpc) is 2.25. The molecule has 16 heavy (non-hydrogen) atoms. The van der Waals surface area contributed by atoms with Gasteiger partial charge in [-0.2, -0.15) is 11.8 Å². The number of nitrogens with zero attached hydrogens (tertiary/aromatic N) is 2. The largest absolute Gasteiger partial charge is 0.295 e. The van der Waals surface area contributed by atoms with E-state index in [4.69, 9.17) is 23.2 Å². The van der Waals surface area contributed by atoms with Gasteiger partial charge in [0.25, 0.3) is 0 Å². The van der Waals surface area contributed by atoms with E-state index in [-0.39, 0.29) is 0 Å². The van der Waals surface area contributed by atoms with E-state index in [1.54, 1.807) is 12.3 Å². The Morgan fingerprint density at radius 1 is 1.56 bits per heavy atom. The molecule has 2 heterocycles. The molecule has 1 aromatic heterocycles. The van der Waals surface area contributed by atoms with Crippen LogP contribution in [0, 0.1) is 0 Å². The van der Waals surface area contributed by atoms with Crippen molar-refractivity contribution in [2.45, 2.75) is 19.5 Å². The van der Waals surface area contributed by atoms with Crippen LogP contribution in [0.1, 0.15) is 12.5 Å². The Morgan fingerprint density at radius 2 is 2.38 bits per heavy atom. The van der Waals surface area contributed by atoms with E-state index >= 15 is 0 Å². The first kappa shape index (κ1) is 12.5. The van der Waals surface area contributed by atoms with Crippen molar-refractivity contribution < 1.29 is 0 Å². The molecular formula is C11H14Cl2N2S. The molecule has 0 aliphatic carbocycles. The van der Waals surface area contributed by atoms with Crippen LogP contribution in [-0.4, -0.2) is 34.0 Å². The van der Waals surface area contributed by atoms with E-state index in [9.17, 15) is 0 Å². The topological polar surface area (TPSA) is 16.1 Å². The first-order chi connectivity index (χ1) is 7.66. The van der Waals surface area contributed by atoms with E-state index in [2.05, 4.69) is 16.8 Å². The maximum atomic E-state index is 6.14. The second-order valence-corrected chi connectivity index (χ2v) is 5.94. The lowest BCUT2D eigenvalue weighted by molar-refractivity contribution is 0.224. The molecule has 0 N–H and O–H groups in total. The van der Waals surface area contributed by atoms with Crippen LogP contribution >= 0.6 is 35.0 Å². The van der Waals surface area contributed by atoms with Gasteiger partial charge < -0.3 is 0 Å². The second-order valence-electron chi connectivity index (χ2n) is 3.99. The maximum absolute atomic E-state index is 6.14. The summed E-state index contributed by atoms with van der Waals surface area (Å²) in [5, 5.41) is 1.17. The zero-order valence-corrected chi connectivity index (χ0v) is 11.4. The predicted molar refractivity (Wildman–Crippen MR) is 71.5 cm³/mol. The third kappa shape index (κ3) is 3.04. The van der Waals surface area contributed by atoms with Crippen LogP contribution in [0.3, 0.4) is 0 Å². The highest BCUT2D eigenvalue weighted by molar-refractivity contribution is 7.99. The monoisotopic (exact) mass is 276 g/mol. The number of pyridine rings is 1. The fourth-order valence-electron chi connectivity index (χ4n) is 1.77. The summed E-state index contributed by atoms with van der Waals surface area (Å²) in [5.74, 6) is 2.39. The number of aromatic nitrogens is 1. The molecule has 1 aromatic rings. The molecule has 0 radical (unpaired) electrons. The smallest absolute Gasteiger partial charge is 0.130 e. The predicted octanol–water partition coefficient (Wildman–Crippen LogP) is 3.33. The molecule has 2 nitrogen and oxygen atoms in total. The molecule has 1 saturated heterocycles. The number of halogens is 2. The Kier molecular flexibility index (Phi) is 4.36. The summed E-state index contributed by atoms with van der Waals surface area (Å²) in [7, 11) is 0. The fraction of sp³-hybridized carbons (Fsp3) is 0.545. The van der Waals surface area contributed by atoms with Crippen molar-refractivity contribution in [1.82, 2.24) is 9.88 Å². The minimum atomic E-state index is 0.455. The summed E-state index contributed by atoms with van der Waals surface area (Å²) in [6.07, 6.45) is 1.78. The Morgan fingerprint density at radius 3 is 3.06 bits per heavy atom. The second kappa shape index (κ2) is 5.58. The number of hydrogen-bond donors (Lipinski definition) is 0. The molecule has 0 aromatic carbocycles. The van der Waals surface area contributed by atoms with Gasteiger partial charge in [-0.05, 0) is 13.0 Å². The molecule has 88 valence electrons. The van der Waals surface area contributed by atoms with Crippen LogP contribution in [0.15, 0.2) is 12.3 Å². The average molecular weight is 277 g/mol. The van der Waals surface area contributed by atoms with E-state index in [0.717, 1.165) is 18.7 Å². The zero-order chi connectivity index (χ0) is 11.5. The van der Waals surface area contributed by atoms with Gasteiger partial charge in [0.1, 0.15) is 5.15 Å². The van der Waals surface area contributed by atoms with Crippen molar-refractivity contribution in [3.63, 3.8) is 0 Å². The highest BCUT2D eigenvalue weighted by atomic mass is 35.5. The minimum absolute atomic E-state index is 0.455. The van der Waals surface area contributed by atoms with Gasteiger partial charge in [-0.15, -0.1) is 0 Å². The highest BCUT2D eigenvalue weighted by Gasteiger charge is 2.19. The molecule has 0 spiro atoms. The lowest BCUT2D eigenvalue weighted by Crippen LogP contribution is -2.39. The molecule has 5 heteroatoms. The molecular weight excluding hydrogens is 263 g/mol. The van der Waals surface area contributed by atoms with Gasteiger partial charge in [0.15, 0.2) is 0 Å². The summed E-state index contributed by atoms with van der Waals surface area (Å²) < 4.78 is 0. The Labute approximate surface area is 110 Å². The van der Waals surface area contributed by atoms with Gasteiger partial charge in [0, 0.05) is 47.4 Å². The van der Waals surface area contributed by atoms with E-state index in [1.165, 1.54) is 11.5 Å². The molecule has 0 bridgehead atoms. The minimum Gasteiger partial charge on any atom is -0.295 e. The molecule has 0 amide bonds. The van der Waals surface area contributed by atoms with Crippen molar-refractivity contribution >= 4 is 35.0 Å². The first-order valence-electron chi connectivity index (χ1n) is 5.28. The summed E-state index contributed by atoms with van der Waals surface area (Å²) in [6, 6.07) is 2.31. The van der Waals surface area contributed by atoms with E-state index in [0.29, 0.717) is 16.2 Å². The molecule has 0 saturated carbocycles. The SMILES string of the molecule is CC1CSCCN1Cc1cnc(Cl)cc1Cl. The summed E-state index contributed by atoms with van der Waals surface area (Å²) in [6.45, 7) is 4.24. The van der Waals surface area contributed by atoms with Crippen molar-refractivity contribution in [2.75, 3.05) is 18.1 Å². The molecule has 1 unspecified atom stereocenters. The maximum Gasteiger partial charge on any atom is 0.130 e. The third-order valence-corrected chi connectivity index (χ3v) is 4.52. The van der Waals surface area contributed by atoms with Crippen LogP contribution in [0.5, 0.6) is 0 Å². The quantitative estimate of drug-likeness (QED) is 0.771. The number of rotatable bonds is 2. The van der Waals surface area contributed by atoms with Gasteiger partial charge >= 0.3 is 0 Å². The molecule has 1 aliphatic heterocycles. The van der Waals surface area contributed by atoms with E-state index in [1.807, 2.05) is 11.8 Å². The zero-order valence-electron chi connectivity index (χ0n) is 9.12. The Balaban J connectivity index is 2.07. The van der Waals surface area contributed by atoms with Gasteiger partial charge in [-0.1, -0.05) is 23.2 Å². The summed E-state index contributed by atoms with van der Waals surface area (Å²) in [4.78, 5) is 6.52. The van der Waals surface area contributed by atoms with Gasteiger partial charge in [0.05, 0.1) is 0 Å². The van der Waals surface area contributed by atoms with Crippen LogP contribution in [0.4, 0.5) is 0 Å². The van der Waals surface area contributed by atoms with Crippen LogP contribution < -0.4 is 0 Å². The first-order valence-corrected chi connectivity index (χ1v) is 7.19. The highest BCUT2D eigenvalue weighted by Crippen LogP contribution is 2.23. The molecule has 2 rings (SSSR count). The Hall–Kier alpha value is 0.0400. The summed E-state index contributed by atoms with van der Waals surface area (Å²) in [5.41, 5.74) is 1.06. The van der Waals surface area contributed by atoms with E-state index < -0.39 is 0 Å². The number of thioether (sulfide) groups is 1. The normalized spacial score (nSPS) is 22.3. The van der Waals surface area contributed by atoms with Gasteiger partial charge in [0.2, 0.25) is 0 Å². The van der Waals surface area contributed by atoms with Crippen molar-refractivity contribution in [3.05, 3.63) is 28.0 Å². The van der Waals surface area contributed by atoms with Crippen molar-refractivity contribution in [2.24, 2.45) is 0 Å². The van der Waals surface area contributed by atoms with Gasteiger partial charge in [-0.25, -0.2) is 4.98 Å². The third-order valence-electron chi connectivity index (χ3n) is 2.77. The molecule has 1 aliphatic rings. The van der Waals surface area contributed by atoms with Crippen molar-refractivity contribution in [3.8, 4) is 0 Å². The van der Waals surface area contributed by atoms with Gasteiger partial charge in [-0.3, -0.25) is 4.90 Å². The standard InChI is InChI=1S/C11H14Cl2N2S/c1-8-7-16-3-2-15(8)6-9-5-14-11(13)4-10(9)12/h4-5,8H,2-3,6-7H2,1H3. The lowest BCUT2D eigenvalue weighted by Gasteiger charge is -2.33. The number of hydrogen-bond acceptors (Lipinski definition) is 3. The van der Waals surface area contributed by atoms with Crippen LogP contribution in [0.25, 0.3) is 0 Å².